The Kier molecular flexibility index (Phi) is 10.1. The Balaban J connectivity index is 1.89. The van der Waals surface area contributed by atoms with E-state index in [1.54, 1.807) is 16.8 Å². The van der Waals surface area contributed by atoms with E-state index >= 15 is 0 Å². The summed E-state index contributed by atoms with van der Waals surface area (Å²) in [5, 5.41) is 28.2. The van der Waals surface area contributed by atoms with Gasteiger partial charge in [0.05, 0.1) is 24.3 Å². The van der Waals surface area contributed by atoms with Crippen LogP contribution in [-0.2, 0) is 22.6 Å². The molecule has 38 heavy (non-hydrogen) atoms. The summed E-state index contributed by atoms with van der Waals surface area (Å²) in [6.07, 6.45) is -1.72. The summed E-state index contributed by atoms with van der Waals surface area (Å²) >= 11 is 0. The number of carbonyl (C=O) groups is 2. The maximum absolute atomic E-state index is 13.6. The normalized spacial score (nSPS) is 12.8. The van der Waals surface area contributed by atoms with E-state index < -0.39 is 24.0 Å². The zero-order valence-electron chi connectivity index (χ0n) is 22.0. The molecule has 3 aromatic rings. The number of nitrogens with one attached hydrogen (secondary N) is 1. The summed E-state index contributed by atoms with van der Waals surface area (Å²) in [5.74, 6) is 1.56. The first-order chi connectivity index (χ1) is 18.1. The van der Waals surface area contributed by atoms with Crippen LogP contribution in [0.1, 0.15) is 71.9 Å². The van der Waals surface area contributed by atoms with E-state index in [0.29, 0.717) is 24.3 Å². The van der Waals surface area contributed by atoms with Crippen molar-refractivity contribution < 1.29 is 34.9 Å². The molecule has 0 aliphatic heterocycles. The molecule has 2 atom stereocenters. The van der Waals surface area contributed by atoms with Gasteiger partial charge in [-0.05, 0) is 67.5 Å². The second-order valence-electron chi connectivity index (χ2n) is 9.66. The van der Waals surface area contributed by atoms with Crippen molar-refractivity contribution >= 4 is 11.9 Å². The molecule has 10 heteroatoms. The predicted molar refractivity (Wildman–Crippen MR) is 139 cm³/mol. The Morgan fingerprint density at radius 3 is 2.42 bits per heavy atom. The van der Waals surface area contributed by atoms with E-state index in [4.69, 9.17) is 0 Å². The maximum atomic E-state index is 13.6. The first-order valence-electron chi connectivity index (χ1n) is 12.6. The summed E-state index contributed by atoms with van der Waals surface area (Å²) in [5.41, 5.74) is 4.33. The number of nitrogens with zero attached hydrogens (tertiary/aromatic N) is 2. The highest BCUT2D eigenvalue weighted by molar-refractivity contribution is 5.94. The largest absolute Gasteiger partial charge is 0.393 e. The average molecular weight is 528 g/mol. The highest BCUT2D eigenvalue weighted by Gasteiger charge is 2.27. The monoisotopic (exact) mass is 527 g/mol. The first kappa shape index (κ1) is 29.0. The minimum Gasteiger partial charge on any atom is -0.393 e. The second-order valence-corrected chi connectivity index (χ2v) is 9.66. The van der Waals surface area contributed by atoms with Crippen molar-refractivity contribution in [2.45, 2.75) is 71.1 Å². The van der Waals surface area contributed by atoms with Crippen molar-refractivity contribution in [1.29, 1.82) is 0 Å². The minimum atomic E-state index is -1.08. The number of benzene rings is 2. The fraction of sp³-hybridized carbons (Fsp3) is 0.393. The molecule has 1 amide bonds. The molecule has 0 fully saturated rings. The van der Waals surface area contributed by atoms with Crippen LogP contribution >= 0.6 is 0 Å². The SMILES string of the molecule is Cc1ccccc1CNC(=O)c1nn(-c2ccc(F)cc2)c(CCC(O)CC(O)CC(=O)O[NH3+])c1C(C)C. The number of halogens is 1. The van der Waals surface area contributed by atoms with Gasteiger partial charge in [-0.3, -0.25) is 9.63 Å². The number of aliphatic hydroxyl groups is 2. The van der Waals surface area contributed by atoms with Crippen molar-refractivity contribution in [3.05, 3.63) is 82.4 Å². The van der Waals surface area contributed by atoms with Gasteiger partial charge in [0.15, 0.2) is 5.69 Å². The third-order valence-electron chi connectivity index (χ3n) is 6.41. The summed E-state index contributed by atoms with van der Waals surface area (Å²) < 4.78 is 15.3. The molecule has 0 spiro atoms. The van der Waals surface area contributed by atoms with Gasteiger partial charge in [0.2, 0.25) is 0 Å². The topological polar surface area (TPSA) is 141 Å². The second kappa shape index (κ2) is 13.3. The van der Waals surface area contributed by atoms with Gasteiger partial charge in [0.25, 0.3) is 5.91 Å². The molecular formula is C28H36FN4O5+. The van der Waals surface area contributed by atoms with E-state index in [0.717, 1.165) is 16.7 Å². The molecule has 6 N–H and O–H groups in total. The molecule has 0 aliphatic rings. The van der Waals surface area contributed by atoms with Gasteiger partial charge in [0, 0.05) is 17.8 Å². The van der Waals surface area contributed by atoms with Gasteiger partial charge in [-0.25, -0.2) is 13.9 Å². The fourth-order valence-electron chi connectivity index (χ4n) is 4.41. The highest BCUT2D eigenvalue weighted by atomic mass is 19.1. The molecular weight excluding hydrogens is 491 g/mol. The molecule has 0 radical (unpaired) electrons. The fourth-order valence-corrected chi connectivity index (χ4v) is 4.41. The van der Waals surface area contributed by atoms with Crippen molar-refractivity contribution in [2.24, 2.45) is 0 Å². The van der Waals surface area contributed by atoms with E-state index in [1.165, 1.54) is 12.1 Å². The number of hydrogen-bond donors (Lipinski definition) is 4. The van der Waals surface area contributed by atoms with Crippen LogP contribution in [0.4, 0.5) is 4.39 Å². The van der Waals surface area contributed by atoms with Crippen LogP contribution in [0.25, 0.3) is 5.69 Å². The number of quaternary nitrogens is 1. The molecule has 0 bridgehead atoms. The third kappa shape index (κ3) is 7.47. The molecule has 2 aromatic carbocycles. The van der Waals surface area contributed by atoms with Gasteiger partial charge in [-0.15, -0.1) is 0 Å². The van der Waals surface area contributed by atoms with Gasteiger partial charge >= 0.3 is 5.97 Å². The smallest absolute Gasteiger partial charge is 0.368 e. The van der Waals surface area contributed by atoms with Crippen molar-refractivity contribution in [3.63, 3.8) is 0 Å². The van der Waals surface area contributed by atoms with Crippen LogP contribution in [-0.4, -0.2) is 44.1 Å². The average Bonchev–Trinajstić information content (AvgIpc) is 3.27. The summed E-state index contributed by atoms with van der Waals surface area (Å²) in [6.45, 7) is 6.23. The Bertz CT molecular complexity index is 1240. The molecule has 3 rings (SSSR count). The summed E-state index contributed by atoms with van der Waals surface area (Å²) in [6, 6.07) is 13.6. The summed E-state index contributed by atoms with van der Waals surface area (Å²) in [4.78, 5) is 29.0. The van der Waals surface area contributed by atoms with Crippen molar-refractivity contribution in [3.8, 4) is 5.69 Å². The van der Waals surface area contributed by atoms with Crippen LogP contribution in [0.5, 0.6) is 0 Å². The highest BCUT2D eigenvalue weighted by Crippen LogP contribution is 2.28. The molecule has 2 unspecified atom stereocenters. The first-order valence-corrected chi connectivity index (χ1v) is 12.6. The van der Waals surface area contributed by atoms with Gasteiger partial charge in [-0.1, -0.05) is 38.1 Å². The van der Waals surface area contributed by atoms with Crippen molar-refractivity contribution in [2.75, 3.05) is 0 Å². The Labute approximate surface area is 221 Å². The number of hydrogen-bond acceptors (Lipinski definition) is 6. The zero-order chi connectivity index (χ0) is 27.8. The lowest BCUT2D eigenvalue weighted by Gasteiger charge is -2.17. The van der Waals surface area contributed by atoms with Crippen LogP contribution < -0.4 is 11.2 Å². The number of aliphatic hydroxyl groups excluding tert-OH is 2. The number of amides is 1. The van der Waals surface area contributed by atoms with E-state index in [-0.39, 0.29) is 36.8 Å². The van der Waals surface area contributed by atoms with Gasteiger partial charge < -0.3 is 15.5 Å². The van der Waals surface area contributed by atoms with Crippen LogP contribution in [0, 0.1) is 12.7 Å². The molecule has 1 heterocycles. The van der Waals surface area contributed by atoms with Crippen LogP contribution in [0.15, 0.2) is 48.5 Å². The molecule has 1 aromatic heterocycles. The quantitative estimate of drug-likeness (QED) is 0.267. The van der Waals surface area contributed by atoms with Gasteiger partial charge in [0.1, 0.15) is 5.82 Å². The van der Waals surface area contributed by atoms with Gasteiger partial charge in [-0.2, -0.15) is 11.0 Å². The molecule has 204 valence electrons. The lowest BCUT2D eigenvalue weighted by Crippen LogP contribution is -2.51. The molecule has 0 saturated heterocycles. The van der Waals surface area contributed by atoms with Crippen LogP contribution in [0.2, 0.25) is 0 Å². The number of carbonyl (C=O) groups excluding carboxylic acids is 2. The number of aromatic nitrogens is 2. The van der Waals surface area contributed by atoms with E-state index in [9.17, 15) is 24.2 Å². The Morgan fingerprint density at radius 2 is 1.79 bits per heavy atom. The predicted octanol–water partition coefficient (Wildman–Crippen LogP) is 2.51. The van der Waals surface area contributed by atoms with Crippen molar-refractivity contribution in [1.82, 2.24) is 15.1 Å². The van der Waals surface area contributed by atoms with E-state index in [1.807, 2.05) is 45.0 Å². The molecule has 0 aliphatic carbocycles. The standard InChI is InChI=1S/C28H35FN4O5/c1-17(2)26-24(13-12-22(34)14-23(35)15-25(36)38-30)33(21-10-8-20(29)9-11-21)32-27(26)28(37)31-16-19-7-5-4-6-18(19)3/h4-11,17,22-23,34-35H,12-16H2,1-3,30H3/p+1. The Hall–Kier alpha value is -3.60. The van der Waals surface area contributed by atoms with Crippen LogP contribution in [0.3, 0.4) is 0 Å². The zero-order valence-corrected chi connectivity index (χ0v) is 22.0. The lowest BCUT2D eigenvalue weighted by molar-refractivity contribution is -0.657. The minimum absolute atomic E-state index is 0.0272. The van der Waals surface area contributed by atoms with E-state index in [2.05, 4.69) is 21.2 Å². The number of rotatable bonds is 12. The Morgan fingerprint density at radius 1 is 1.11 bits per heavy atom. The third-order valence-corrected chi connectivity index (χ3v) is 6.41. The lowest BCUT2D eigenvalue weighted by atomic mass is 9.95. The number of aryl methyl sites for hydroxylation is 1. The maximum Gasteiger partial charge on any atom is 0.368 e. The summed E-state index contributed by atoms with van der Waals surface area (Å²) in [7, 11) is 0. The molecule has 0 saturated carbocycles. The molecule has 9 nitrogen and oxygen atoms in total.